The van der Waals surface area contributed by atoms with Gasteiger partial charge >= 0.3 is 0 Å². The summed E-state index contributed by atoms with van der Waals surface area (Å²) in [4.78, 5) is 11.3. The zero-order chi connectivity index (χ0) is 10.8. The minimum Gasteiger partial charge on any atom is -0.372 e. The van der Waals surface area contributed by atoms with E-state index in [2.05, 4.69) is 28.2 Å². The van der Waals surface area contributed by atoms with Gasteiger partial charge in [0.15, 0.2) is 0 Å². The van der Waals surface area contributed by atoms with Gasteiger partial charge < -0.3 is 10.1 Å². The van der Waals surface area contributed by atoms with Crippen molar-refractivity contribution >= 4 is 21.8 Å². The maximum absolute atomic E-state index is 11.3. The molecule has 3 nitrogen and oxygen atoms in total. The fraction of sp³-hybridized carbons (Fsp3) is 0.900. The van der Waals surface area contributed by atoms with E-state index in [1.165, 1.54) is 0 Å². The summed E-state index contributed by atoms with van der Waals surface area (Å²) in [7, 11) is 0. The van der Waals surface area contributed by atoms with Crippen molar-refractivity contribution in [1.82, 2.24) is 5.32 Å². The van der Waals surface area contributed by atoms with Crippen LogP contribution in [0.25, 0.3) is 0 Å². The van der Waals surface area contributed by atoms with Crippen molar-refractivity contribution < 1.29 is 9.53 Å². The second-order valence-electron chi connectivity index (χ2n) is 3.20. The van der Waals surface area contributed by atoms with Gasteiger partial charge in [-0.2, -0.15) is 0 Å². The van der Waals surface area contributed by atoms with Gasteiger partial charge in [-0.3, -0.25) is 4.79 Å². The molecule has 1 N–H and O–H groups in total. The van der Waals surface area contributed by atoms with Crippen LogP contribution in [0, 0.1) is 0 Å². The quantitative estimate of drug-likeness (QED) is 0.539. The van der Waals surface area contributed by atoms with E-state index in [1.807, 2.05) is 6.92 Å². The molecule has 1 unspecified atom stereocenters. The molecule has 0 aromatic rings. The summed E-state index contributed by atoms with van der Waals surface area (Å²) in [6, 6.07) is 0.270. The largest absolute Gasteiger partial charge is 0.372 e. The van der Waals surface area contributed by atoms with Crippen LogP contribution in [0.1, 0.15) is 33.1 Å². The van der Waals surface area contributed by atoms with Crippen LogP contribution >= 0.6 is 15.9 Å². The van der Waals surface area contributed by atoms with Gasteiger partial charge in [0.25, 0.3) is 0 Å². The number of amides is 1. The molecule has 0 saturated heterocycles. The molecule has 1 amide bonds. The first-order chi connectivity index (χ1) is 6.74. The third-order valence-electron chi connectivity index (χ3n) is 1.90. The van der Waals surface area contributed by atoms with Gasteiger partial charge in [0.1, 0.15) is 6.61 Å². The minimum absolute atomic E-state index is 0.00810. The lowest BCUT2D eigenvalue weighted by atomic mass is 10.2. The molecule has 0 saturated carbocycles. The van der Waals surface area contributed by atoms with Crippen molar-refractivity contribution in [1.29, 1.82) is 0 Å². The van der Waals surface area contributed by atoms with E-state index in [0.29, 0.717) is 6.61 Å². The van der Waals surface area contributed by atoms with E-state index in [4.69, 9.17) is 4.74 Å². The molecule has 4 heteroatoms. The Morgan fingerprint density at radius 2 is 2.21 bits per heavy atom. The molecule has 84 valence electrons. The van der Waals surface area contributed by atoms with Crippen molar-refractivity contribution in [2.75, 3.05) is 18.5 Å². The number of halogens is 1. The Bertz CT molecular complexity index is 153. The average molecular weight is 266 g/mol. The van der Waals surface area contributed by atoms with Gasteiger partial charge in [-0.1, -0.05) is 29.8 Å². The summed E-state index contributed by atoms with van der Waals surface area (Å²) >= 11 is 3.36. The molecule has 0 aromatic heterocycles. The van der Waals surface area contributed by atoms with Crippen LogP contribution in [-0.2, 0) is 9.53 Å². The van der Waals surface area contributed by atoms with Crippen LogP contribution in [0.4, 0.5) is 0 Å². The van der Waals surface area contributed by atoms with Gasteiger partial charge in [0.2, 0.25) is 5.91 Å². The van der Waals surface area contributed by atoms with E-state index in [1.54, 1.807) is 0 Å². The monoisotopic (exact) mass is 265 g/mol. The number of alkyl halides is 1. The maximum atomic E-state index is 11.3. The molecule has 14 heavy (non-hydrogen) atoms. The molecule has 0 aliphatic rings. The summed E-state index contributed by atoms with van der Waals surface area (Å²) in [5, 5.41) is 3.85. The second-order valence-corrected chi connectivity index (χ2v) is 4.00. The van der Waals surface area contributed by atoms with Crippen LogP contribution < -0.4 is 5.32 Å². The lowest BCUT2D eigenvalue weighted by Gasteiger charge is -2.15. The van der Waals surface area contributed by atoms with Gasteiger partial charge in [-0.25, -0.2) is 0 Å². The highest BCUT2D eigenvalue weighted by atomic mass is 79.9. The Morgan fingerprint density at radius 3 is 2.71 bits per heavy atom. The molecule has 0 spiro atoms. The Kier molecular flexibility index (Phi) is 9.40. The normalized spacial score (nSPS) is 12.5. The fourth-order valence-electron chi connectivity index (χ4n) is 1.09. The summed E-state index contributed by atoms with van der Waals surface area (Å²) in [6.07, 6.45) is 2.88. The topological polar surface area (TPSA) is 38.3 Å². The van der Waals surface area contributed by atoms with E-state index in [0.717, 1.165) is 24.6 Å². The SMILES string of the molecule is CCCOCC(=O)NC(CC)CCBr. The van der Waals surface area contributed by atoms with E-state index in [-0.39, 0.29) is 18.6 Å². The Labute approximate surface area is 94.7 Å². The van der Waals surface area contributed by atoms with Crippen LogP contribution in [0.3, 0.4) is 0 Å². The smallest absolute Gasteiger partial charge is 0.246 e. The first-order valence-electron chi connectivity index (χ1n) is 5.17. The van der Waals surface area contributed by atoms with E-state index < -0.39 is 0 Å². The van der Waals surface area contributed by atoms with Crippen molar-refractivity contribution in [3.05, 3.63) is 0 Å². The number of rotatable bonds is 8. The number of nitrogens with one attached hydrogen (secondary N) is 1. The van der Waals surface area contributed by atoms with E-state index in [9.17, 15) is 4.79 Å². The molecule has 0 aliphatic carbocycles. The third kappa shape index (κ3) is 7.33. The first kappa shape index (κ1) is 13.9. The number of hydrogen-bond donors (Lipinski definition) is 1. The molecule has 0 bridgehead atoms. The molecule has 0 aliphatic heterocycles. The summed E-state index contributed by atoms with van der Waals surface area (Å²) in [6.45, 7) is 4.94. The van der Waals surface area contributed by atoms with Crippen LogP contribution in [0.15, 0.2) is 0 Å². The predicted octanol–water partition coefficient (Wildman–Crippen LogP) is 2.09. The van der Waals surface area contributed by atoms with Gasteiger partial charge in [-0.15, -0.1) is 0 Å². The van der Waals surface area contributed by atoms with Crippen LogP contribution in [0.5, 0.6) is 0 Å². The number of carbonyl (C=O) groups is 1. The van der Waals surface area contributed by atoms with Gasteiger partial charge in [-0.05, 0) is 19.3 Å². The van der Waals surface area contributed by atoms with Crippen LogP contribution in [0.2, 0.25) is 0 Å². The van der Waals surface area contributed by atoms with Crippen molar-refractivity contribution in [2.24, 2.45) is 0 Å². The maximum Gasteiger partial charge on any atom is 0.246 e. The Balaban J connectivity index is 3.56. The summed E-state index contributed by atoms with van der Waals surface area (Å²) in [5.74, 6) is -0.00810. The first-order valence-corrected chi connectivity index (χ1v) is 6.29. The van der Waals surface area contributed by atoms with Crippen molar-refractivity contribution in [3.63, 3.8) is 0 Å². The molecule has 0 heterocycles. The van der Waals surface area contributed by atoms with E-state index >= 15 is 0 Å². The van der Waals surface area contributed by atoms with Gasteiger partial charge in [0.05, 0.1) is 0 Å². The average Bonchev–Trinajstić information content (AvgIpc) is 2.17. The summed E-state index contributed by atoms with van der Waals surface area (Å²) in [5.41, 5.74) is 0. The van der Waals surface area contributed by atoms with Crippen molar-refractivity contribution in [3.8, 4) is 0 Å². The predicted molar refractivity (Wildman–Crippen MR) is 61.7 cm³/mol. The third-order valence-corrected chi connectivity index (χ3v) is 2.35. The number of hydrogen-bond acceptors (Lipinski definition) is 2. The summed E-state index contributed by atoms with van der Waals surface area (Å²) < 4.78 is 5.14. The molecule has 0 fully saturated rings. The van der Waals surface area contributed by atoms with Crippen molar-refractivity contribution in [2.45, 2.75) is 39.2 Å². The highest BCUT2D eigenvalue weighted by Gasteiger charge is 2.08. The molecule has 1 atom stereocenters. The Hall–Kier alpha value is -0.0900. The fourth-order valence-corrected chi connectivity index (χ4v) is 1.64. The minimum atomic E-state index is -0.00810. The zero-order valence-corrected chi connectivity index (χ0v) is 10.6. The number of ether oxygens (including phenoxy) is 1. The second kappa shape index (κ2) is 9.46. The lowest BCUT2D eigenvalue weighted by Crippen LogP contribution is -2.37. The molecule has 0 radical (unpaired) electrons. The number of carbonyl (C=O) groups excluding carboxylic acids is 1. The standard InChI is InChI=1S/C10H20BrNO2/c1-3-7-14-8-10(13)12-9(4-2)5-6-11/h9H,3-8H2,1-2H3,(H,12,13). The molecular formula is C10H20BrNO2. The highest BCUT2D eigenvalue weighted by Crippen LogP contribution is 2.00. The molecular weight excluding hydrogens is 246 g/mol. The van der Waals surface area contributed by atoms with Crippen LogP contribution in [-0.4, -0.2) is 30.5 Å². The Morgan fingerprint density at radius 1 is 1.50 bits per heavy atom. The molecule has 0 rings (SSSR count). The zero-order valence-electron chi connectivity index (χ0n) is 9.01. The lowest BCUT2D eigenvalue weighted by molar-refractivity contribution is -0.126. The molecule has 0 aromatic carbocycles. The highest BCUT2D eigenvalue weighted by molar-refractivity contribution is 9.09. The van der Waals surface area contributed by atoms with Gasteiger partial charge in [0, 0.05) is 18.0 Å².